The van der Waals surface area contributed by atoms with E-state index in [-0.39, 0.29) is 12.3 Å². The van der Waals surface area contributed by atoms with E-state index in [0.29, 0.717) is 18.5 Å². The predicted molar refractivity (Wildman–Crippen MR) is 69.9 cm³/mol. The molecule has 0 unspecified atom stereocenters. The Morgan fingerprint density at radius 3 is 2.33 bits per heavy atom. The minimum atomic E-state index is -0.841. The monoisotopic (exact) mass is 249 g/mol. The lowest BCUT2D eigenvalue weighted by Crippen LogP contribution is -2.25. The number of carboxylic acids is 1. The fourth-order valence-electron chi connectivity index (χ4n) is 1.74. The van der Waals surface area contributed by atoms with Crippen LogP contribution in [0.15, 0.2) is 12.1 Å². The molecule has 4 nitrogen and oxygen atoms in total. The molecule has 0 radical (unpaired) electrons. The zero-order valence-electron chi connectivity index (χ0n) is 11.0. The predicted octanol–water partition coefficient (Wildman–Crippen LogP) is 2.21. The SMILES string of the molecule is Cc1cc(C)c(C(=O)NCCCC(=O)O)cc1C. The van der Waals surface area contributed by atoms with Gasteiger partial charge in [0, 0.05) is 18.5 Å². The van der Waals surface area contributed by atoms with Gasteiger partial charge in [0.2, 0.25) is 0 Å². The minimum Gasteiger partial charge on any atom is -0.481 e. The van der Waals surface area contributed by atoms with Gasteiger partial charge in [0.05, 0.1) is 0 Å². The van der Waals surface area contributed by atoms with Crippen molar-refractivity contribution in [1.29, 1.82) is 0 Å². The highest BCUT2D eigenvalue weighted by Crippen LogP contribution is 2.15. The highest BCUT2D eigenvalue weighted by atomic mass is 16.4. The van der Waals surface area contributed by atoms with Crippen LogP contribution in [0, 0.1) is 20.8 Å². The zero-order chi connectivity index (χ0) is 13.7. The third-order valence-corrected chi connectivity index (χ3v) is 2.94. The Morgan fingerprint density at radius 2 is 1.72 bits per heavy atom. The van der Waals surface area contributed by atoms with Crippen molar-refractivity contribution in [2.24, 2.45) is 0 Å². The molecule has 0 saturated carbocycles. The van der Waals surface area contributed by atoms with Crippen LogP contribution in [0.4, 0.5) is 0 Å². The second-order valence-corrected chi connectivity index (χ2v) is 4.50. The minimum absolute atomic E-state index is 0.0756. The van der Waals surface area contributed by atoms with Crippen LogP contribution in [-0.4, -0.2) is 23.5 Å². The lowest BCUT2D eigenvalue weighted by molar-refractivity contribution is -0.137. The molecular weight excluding hydrogens is 230 g/mol. The summed E-state index contributed by atoms with van der Waals surface area (Å²) in [4.78, 5) is 22.3. The summed E-state index contributed by atoms with van der Waals surface area (Å²) in [5, 5.41) is 11.2. The Labute approximate surface area is 107 Å². The zero-order valence-corrected chi connectivity index (χ0v) is 11.0. The van der Waals surface area contributed by atoms with Crippen LogP contribution in [0.3, 0.4) is 0 Å². The molecule has 2 N–H and O–H groups in total. The first-order valence-corrected chi connectivity index (χ1v) is 5.99. The van der Waals surface area contributed by atoms with Gasteiger partial charge in [0.1, 0.15) is 0 Å². The van der Waals surface area contributed by atoms with E-state index in [1.807, 2.05) is 32.9 Å². The molecule has 1 aromatic rings. The Kier molecular flexibility index (Phi) is 4.89. The first kappa shape index (κ1) is 14.2. The number of aliphatic carboxylic acids is 1. The van der Waals surface area contributed by atoms with Crippen LogP contribution in [-0.2, 0) is 4.79 Å². The standard InChI is InChI=1S/C14H19NO3/c1-9-7-11(3)12(8-10(9)2)14(18)15-6-4-5-13(16)17/h7-8H,4-6H2,1-3H3,(H,15,18)(H,16,17). The van der Waals surface area contributed by atoms with Crippen molar-refractivity contribution in [2.45, 2.75) is 33.6 Å². The summed E-state index contributed by atoms with van der Waals surface area (Å²) >= 11 is 0. The first-order chi connectivity index (χ1) is 8.41. The molecule has 0 spiro atoms. The molecule has 1 aromatic carbocycles. The molecule has 0 saturated heterocycles. The van der Waals surface area contributed by atoms with Crippen LogP contribution in [0.1, 0.15) is 39.9 Å². The maximum Gasteiger partial charge on any atom is 0.303 e. The van der Waals surface area contributed by atoms with Crippen molar-refractivity contribution in [3.05, 3.63) is 34.4 Å². The summed E-state index contributed by atoms with van der Waals surface area (Å²) in [7, 11) is 0. The molecule has 0 heterocycles. The largest absolute Gasteiger partial charge is 0.481 e. The molecule has 1 amide bonds. The van der Waals surface area contributed by atoms with Gasteiger partial charge < -0.3 is 10.4 Å². The molecular formula is C14H19NO3. The molecule has 0 aliphatic carbocycles. The molecule has 0 atom stereocenters. The number of hydrogen-bond donors (Lipinski definition) is 2. The first-order valence-electron chi connectivity index (χ1n) is 5.99. The van der Waals surface area contributed by atoms with E-state index < -0.39 is 5.97 Å². The van der Waals surface area contributed by atoms with E-state index in [0.717, 1.165) is 16.7 Å². The van der Waals surface area contributed by atoms with Gasteiger partial charge in [-0.15, -0.1) is 0 Å². The molecule has 0 aromatic heterocycles. The molecule has 18 heavy (non-hydrogen) atoms. The molecule has 4 heteroatoms. The van der Waals surface area contributed by atoms with Gasteiger partial charge in [-0.1, -0.05) is 6.07 Å². The smallest absolute Gasteiger partial charge is 0.303 e. The second kappa shape index (κ2) is 6.19. The van der Waals surface area contributed by atoms with Gasteiger partial charge in [-0.25, -0.2) is 0 Å². The van der Waals surface area contributed by atoms with E-state index in [1.54, 1.807) is 0 Å². The van der Waals surface area contributed by atoms with Crippen molar-refractivity contribution in [3.8, 4) is 0 Å². The van der Waals surface area contributed by atoms with Crippen molar-refractivity contribution in [2.75, 3.05) is 6.54 Å². The number of nitrogens with one attached hydrogen (secondary N) is 1. The number of amides is 1. The highest BCUT2D eigenvalue weighted by Gasteiger charge is 2.10. The van der Waals surface area contributed by atoms with Crippen molar-refractivity contribution in [1.82, 2.24) is 5.32 Å². The fourth-order valence-corrected chi connectivity index (χ4v) is 1.74. The topological polar surface area (TPSA) is 66.4 Å². The van der Waals surface area contributed by atoms with Crippen LogP contribution >= 0.6 is 0 Å². The Morgan fingerprint density at radius 1 is 1.11 bits per heavy atom. The number of carboxylic acid groups (broad SMARTS) is 1. The molecule has 98 valence electrons. The number of rotatable bonds is 5. The average Bonchev–Trinajstić information content (AvgIpc) is 2.28. The van der Waals surface area contributed by atoms with E-state index in [9.17, 15) is 9.59 Å². The Balaban J connectivity index is 2.62. The average molecular weight is 249 g/mol. The molecule has 0 aliphatic heterocycles. The van der Waals surface area contributed by atoms with Gasteiger partial charge >= 0.3 is 5.97 Å². The summed E-state index contributed by atoms with van der Waals surface area (Å²) in [5.41, 5.74) is 3.84. The Bertz CT molecular complexity index is 466. The van der Waals surface area contributed by atoms with Crippen LogP contribution < -0.4 is 5.32 Å². The fraction of sp³-hybridized carbons (Fsp3) is 0.429. The third kappa shape index (κ3) is 3.87. The summed E-state index contributed by atoms with van der Waals surface area (Å²) < 4.78 is 0. The van der Waals surface area contributed by atoms with E-state index in [1.165, 1.54) is 0 Å². The van der Waals surface area contributed by atoms with E-state index in [4.69, 9.17) is 5.11 Å². The number of carbonyl (C=O) groups is 2. The number of hydrogen-bond acceptors (Lipinski definition) is 2. The van der Waals surface area contributed by atoms with Gasteiger partial charge in [0.25, 0.3) is 5.91 Å². The normalized spacial score (nSPS) is 10.2. The van der Waals surface area contributed by atoms with Crippen LogP contribution in [0.5, 0.6) is 0 Å². The quantitative estimate of drug-likeness (QED) is 0.786. The van der Waals surface area contributed by atoms with Crippen molar-refractivity contribution >= 4 is 11.9 Å². The molecule has 0 bridgehead atoms. The number of benzene rings is 1. The summed E-state index contributed by atoms with van der Waals surface area (Å²) in [6.45, 7) is 6.27. The second-order valence-electron chi connectivity index (χ2n) is 4.50. The summed E-state index contributed by atoms with van der Waals surface area (Å²) in [6, 6.07) is 3.86. The summed E-state index contributed by atoms with van der Waals surface area (Å²) in [5.74, 6) is -0.979. The molecule has 0 fully saturated rings. The van der Waals surface area contributed by atoms with Gasteiger partial charge in [-0.2, -0.15) is 0 Å². The maximum absolute atomic E-state index is 11.9. The van der Waals surface area contributed by atoms with Crippen molar-refractivity contribution in [3.63, 3.8) is 0 Å². The lowest BCUT2D eigenvalue weighted by Gasteiger charge is -2.10. The third-order valence-electron chi connectivity index (χ3n) is 2.94. The molecule has 1 rings (SSSR count). The van der Waals surface area contributed by atoms with Gasteiger partial charge in [-0.05, 0) is 49.9 Å². The number of carbonyl (C=O) groups excluding carboxylic acids is 1. The van der Waals surface area contributed by atoms with Crippen LogP contribution in [0.2, 0.25) is 0 Å². The highest BCUT2D eigenvalue weighted by molar-refractivity contribution is 5.95. The van der Waals surface area contributed by atoms with E-state index >= 15 is 0 Å². The molecule has 0 aliphatic rings. The van der Waals surface area contributed by atoms with Gasteiger partial charge in [-0.3, -0.25) is 9.59 Å². The Hall–Kier alpha value is -1.84. The van der Waals surface area contributed by atoms with E-state index in [2.05, 4.69) is 5.32 Å². The van der Waals surface area contributed by atoms with Gasteiger partial charge in [0.15, 0.2) is 0 Å². The maximum atomic E-state index is 11.9. The van der Waals surface area contributed by atoms with Crippen LogP contribution in [0.25, 0.3) is 0 Å². The lowest BCUT2D eigenvalue weighted by atomic mass is 10.0. The summed E-state index contributed by atoms with van der Waals surface area (Å²) in [6.07, 6.45) is 0.525. The van der Waals surface area contributed by atoms with Crippen molar-refractivity contribution < 1.29 is 14.7 Å². The number of aryl methyl sites for hydroxylation is 3.